The Morgan fingerprint density at radius 3 is 2.86 bits per heavy atom. The number of nitrogens with zero attached hydrogens (tertiary/aromatic N) is 1. The molecule has 1 aromatic heterocycles. The van der Waals surface area contributed by atoms with Gasteiger partial charge < -0.3 is 19.0 Å². The molecule has 0 fully saturated rings. The van der Waals surface area contributed by atoms with Gasteiger partial charge in [0.2, 0.25) is 5.89 Å². The van der Waals surface area contributed by atoms with Crippen LogP contribution in [-0.4, -0.2) is 28.8 Å². The van der Waals surface area contributed by atoms with E-state index in [0.717, 1.165) is 0 Å². The van der Waals surface area contributed by atoms with Crippen LogP contribution in [0, 0.1) is 0 Å². The smallest absolute Gasteiger partial charge is 0.360 e. The minimum Gasteiger partial charge on any atom is -0.504 e. The molecule has 2 rings (SSSR count). The predicted molar refractivity (Wildman–Crippen MR) is 75.3 cm³/mol. The van der Waals surface area contributed by atoms with Crippen LogP contribution in [0.25, 0.3) is 11.5 Å². The van der Waals surface area contributed by atoms with Crippen molar-refractivity contribution in [1.82, 2.24) is 4.98 Å². The molecule has 0 aliphatic heterocycles. The molecule has 21 heavy (non-hydrogen) atoms. The Hall–Kier alpha value is -2.50. The molecule has 0 saturated heterocycles. The SMILES string of the molecule is CCOC(=O)c1coc(-c2ccc(O)c(OC(C)C)c2)n1. The maximum absolute atomic E-state index is 11.5. The van der Waals surface area contributed by atoms with E-state index >= 15 is 0 Å². The van der Waals surface area contributed by atoms with Crippen LogP contribution in [0.4, 0.5) is 0 Å². The highest BCUT2D eigenvalue weighted by Crippen LogP contribution is 2.32. The molecule has 0 amide bonds. The number of rotatable bonds is 5. The number of aromatic hydroxyl groups is 1. The highest BCUT2D eigenvalue weighted by atomic mass is 16.5. The molecule has 6 nitrogen and oxygen atoms in total. The number of oxazole rings is 1. The minimum absolute atomic E-state index is 0.0321. The van der Waals surface area contributed by atoms with Crippen molar-refractivity contribution in [3.63, 3.8) is 0 Å². The lowest BCUT2D eigenvalue weighted by atomic mass is 10.2. The van der Waals surface area contributed by atoms with Gasteiger partial charge in [0.05, 0.1) is 12.7 Å². The number of carbonyl (C=O) groups is 1. The van der Waals surface area contributed by atoms with Crippen LogP contribution in [0.1, 0.15) is 31.3 Å². The van der Waals surface area contributed by atoms with Crippen LogP contribution >= 0.6 is 0 Å². The number of hydrogen-bond acceptors (Lipinski definition) is 6. The average Bonchev–Trinajstić information content (AvgIpc) is 2.91. The van der Waals surface area contributed by atoms with Crippen molar-refractivity contribution in [2.75, 3.05) is 6.61 Å². The van der Waals surface area contributed by atoms with Crippen molar-refractivity contribution < 1.29 is 23.8 Å². The monoisotopic (exact) mass is 291 g/mol. The molecule has 0 spiro atoms. The van der Waals surface area contributed by atoms with E-state index in [4.69, 9.17) is 13.9 Å². The van der Waals surface area contributed by atoms with E-state index in [9.17, 15) is 9.90 Å². The second-order valence-corrected chi connectivity index (χ2v) is 4.61. The Morgan fingerprint density at radius 2 is 2.19 bits per heavy atom. The zero-order valence-electron chi connectivity index (χ0n) is 12.1. The van der Waals surface area contributed by atoms with Crippen LogP contribution in [0.5, 0.6) is 11.5 Å². The Balaban J connectivity index is 2.28. The van der Waals surface area contributed by atoms with Crippen molar-refractivity contribution >= 4 is 5.97 Å². The Labute approximate surface area is 122 Å². The standard InChI is InChI=1S/C15H17NO5/c1-4-19-15(18)11-8-20-14(16-11)10-5-6-12(17)13(7-10)21-9(2)3/h5-9,17H,4H2,1-3H3. The summed E-state index contributed by atoms with van der Waals surface area (Å²) in [5, 5.41) is 9.74. The van der Waals surface area contributed by atoms with Crippen LogP contribution in [0.3, 0.4) is 0 Å². The first-order chi connectivity index (χ1) is 10.0. The van der Waals surface area contributed by atoms with Crippen LogP contribution in [0.2, 0.25) is 0 Å². The molecule has 1 aromatic carbocycles. The van der Waals surface area contributed by atoms with Gasteiger partial charge in [-0.15, -0.1) is 0 Å². The van der Waals surface area contributed by atoms with Gasteiger partial charge in [-0.3, -0.25) is 0 Å². The number of ether oxygens (including phenoxy) is 2. The third kappa shape index (κ3) is 3.53. The first kappa shape index (κ1) is 14.9. The van der Waals surface area contributed by atoms with E-state index in [0.29, 0.717) is 11.3 Å². The summed E-state index contributed by atoms with van der Waals surface area (Å²) in [7, 11) is 0. The Kier molecular flexibility index (Phi) is 4.47. The van der Waals surface area contributed by atoms with E-state index in [-0.39, 0.29) is 30.0 Å². The molecule has 0 saturated carbocycles. The number of esters is 1. The van der Waals surface area contributed by atoms with Gasteiger partial charge in [0.15, 0.2) is 17.2 Å². The number of phenolic OH excluding ortho intramolecular Hbond substituents is 1. The van der Waals surface area contributed by atoms with E-state index in [1.54, 1.807) is 19.1 Å². The van der Waals surface area contributed by atoms with Gasteiger partial charge >= 0.3 is 5.97 Å². The molecular formula is C15H17NO5. The van der Waals surface area contributed by atoms with Gasteiger partial charge in [-0.2, -0.15) is 0 Å². The highest BCUT2D eigenvalue weighted by molar-refractivity contribution is 5.87. The fourth-order valence-electron chi connectivity index (χ4n) is 1.70. The molecule has 0 aliphatic carbocycles. The first-order valence-corrected chi connectivity index (χ1v) is 6.64. The van der Waals surface area contributed by atoms with Crippen LogP contribution in [-0.2, 0) is 4.74 Å². The summed E-state index contributed by atoms with van der Waals surface area (Å²) in [6, 6.07) is 4.72. The molecular weight excluding hydrogens is 274 g/mol. The van der Waals surface area contributed by atoms with Crippen molar-refractivity contribution in [3.8, 4) is 23.0 Å². The summed E-state index contributed by atoms with van der Waals surface area (Å²) in [4.78, 5) is 15.6. The lowest BCUT2D eigenvalue weighted by molar-refractivity contribution is 0.0519. The molecule has 0 aliphatic rings. The summed E-state index contributed by atoms with van der Waals surface area (Å²) in [6.07, 6.45) is 1.16. The number of phenols is 1. The fraction of sp³-hybridized carbons (Fsp3) is 0.333. The van der Waals surface area contributed by atoms with E-state index in [1.807, 2.05) is 13.8 Å². The summed E-state index contributed by atoms with van der Waals surface area (Å²) in [5.74, 6) is 0.0830. The average molecular weight is 291 g/mol. The molecule has 1 N–H and O–H groups in total. The maximum Gasteiger partial charge on any atom is 0.360 e. The fourth-order valence-corrected chi connectivity index (χ4v) is 1.70. The van der Waals surface area contributed by atoms with E-state index in [1.165, 1.54) is 12.3 Å². The molecule has 1 heterocycles. The van der Waals surface area contributed by atoms with Crippen LogP contribution < -0.4 is 4.74 Å². The van der Waals surface area contributed by atoms with Crippen molar-refractivity contribution in [2.45, 2.75) is 26.9 Å². The first-order valence-electron chi connectivity index (χ1n) is 6.64. The van der Waals surface area contributed by atoms with Gasteiger partial charge in [0.1, 0.15) is 6.26 Å². The maximum atomic E-state index is 11.5. The highest BCUT2D eigenvalue weighted by Gasteiger charge is 2.16. The minimum atomic E-state index is -0.537. The lowest BCUT2D eigenvalue weighted by Crippen LogP contribution is -2.06. The zero-order chi connectivity index (χ0) is 15.4. The van der Waals surface area contributed by atoms with E-state index in [2.05, 4.69) is 4.98 Å². The third-order valence-corrected chi connectivity index (χ3v) is 2.56. The molecule has 6 heteroatoms. The summed E-state index contributed by atoms with van der Waals surface area (Å²) >= 11 is 0. The predicted octanol–water partition coefficient (Wildman–Crippen LogP) is 3.01. The Bertz CT molecular complexity index is 633. The number of benzene rings is 1. The zero-order valence-corrected chi connectivity index (χ0v) is 12.1. The molecule has 0 radical (unpaired) electrons. The number of carbonyl (C=O) groups excluding carboxylic acids is 1. The largest absolute Gasteiger partial charge is 0.504 e. The molecule has 2 aromatic rings. The summed E-state index contributed by atoms with van der Waals surface area (Å²) in [5.41, 5.74) is 0.699. The molecule has 0 atom stereocenters. The summed E-state index contributed by atoms with van der Waals surface area (Å²) in [6.45, 7) is 5.70. The van der Waals surface area contributed by atoms with Crippen molar-refractivity contribution in [3.05, 3.63) is 30.2 Å². The molecule has 0 bridgehead atoms. The summed E-state index contributed by atoms with van der Waals surface area (Å²) < 4.78 is 15.6. The van der Waals surface area contributed by atoms with Gasteiger partial charge in [0.25, 0.3) is 0 Å². The second-order valence-electron chi connectivity index (χ2n) is 4.61. The van der Waals surface area contributed by atoms with Gasteiger partial charge in [-0.1, -0.05) is 0 Å². The lowest BCUT2D eigenvalue weighted by Gasteiger charge is -2.11. The van der Waals surface area contributed by atoms with Gasteiger partial charge in [-0.25, -0.2) is 9.78 Å². The van der Waals surface area contributed by atoms with E-state index < -0.39 is 5.97 Å². The third-order valence-electron chi connectivity index (χ3n) is 2.56. The van der Waals surface area contributed by atoms with Crippen molar-refractivity contribution in [2.24, 2.45) is 0 Å². The Morgan fingerprint density at radius 1 is 1.43 bits per heavy atom. The quantitative estimate of drug-likeness (QED) is 0.853. The van der Waals surface area contributed by atoms with Gasteiger partial charge in [0, 0.05) is 5.56 Å². The number of aromatic nitrogens is 1. The molecule has 112 valence electrons. The normalized spacial score (nSPS) is 10.7. The molecule has 0 unspecified atom stereocenters. The number of hydrogen-bond donors (Lipinski definition) is 1. The van der Waals surface area contributed by atoms with Crippen molar-refractivity contribution in [1.29, 1.82) is 0 Å². The second kappa shape index (κ2) is 6.30. The topological polar surface area (TPSA) is 81.8 Å². The van der Waals surface area contributed by atoms with Crippen LogP contribution in [0.15, 0.2) is 28.9 Å². The van der Waals surface area contributed by atoms with Gasteiger partial charge in [-0.05, 0) is 39.0 Å².